The fraction of sp³-hybridized carbons (Fsp3) is 0.273. The van der Waals surface area contributed by atoms with Gasteiger partial charge >= 0.3 is 0 Å². The van der Waals surface area contributed by atoms with Crippen molar-refractivity contribution < 1.29 is 4.39 Å². The van der Waals surface area contributed by atoms with Gasteiger partial charge in [-0.15, -0.1) is 0 Å². The van der Waals surface area contributed by atoms with E-state index in [0.717, 1.165) is 5.82 Å². The molecule has 0 saturated heterocycles. The molecule has 2 rings (SSSR count). The Balaban J connectivity index is 2.41. The molecule has 2 aromatic rings. The molecule has 0 radical (unpaired) electrons. The third kappa shape index (κ3) is 2.45. The van der Waals surface area contributed by atoms with E-state index >= 15 is 0 Å². The molecule has 0 fully saturated rings. The van der Waals surface area contributed by atoms with Gasteiger partial charge in [0.25, 0.3) is 0 Å². The number of nitrogens with two attached hydrogens (primary N) is 1. The van der Waals surface area contributed by atoms with Crippen LogP contribution in [-0.2, 0) is 6.42 Å². The molecule has 0 aliphatic carbocycles. The van der Waals surface area contributed by atoms with Crippen molar-refractivity contribution >= 4 is 11.6 Å². The second-order valence-electron chi connectivity index (χ2n) is 3.62. The minimum atomic E-state index is -0.449. The molecule has 6 heteroatoms. The lowest BCUT2D eigenvalue weighted by molar-refractivity contribution is 0.627. The highest BCUT2D eigenvalue weighted by atomic mass is 35.5. The minimum Gasteiger partial charge on any atom is -0.330 e. The third-order valence-corrected chi connectivity index (χ3v) is 2.62. The van der Waals surface area contributed by atoms with Crippen LogP contribution in [0.4, 0.5) is 4.39 Å². The van der Waals surface area contributed by atoms with E-state index < -0.39 is 5.82 Å². The van der Waals surface area contributed by atoms with Gasteiger partial charge in [0.1, 0.15) is 11.6 Å². The van der Waals surface area contributed by atoms with Crippen LogP contribution in [-0.4, -0.2) is 21.3 Å². The van der Waals surface area contributed by atoms with E-state index in [9.17, 15) is 4.39 Å². The van der Waals surface area contributed by atoms with Crippen LogP contribution in [0.1, 0.15) is 11.6 Å². The van der Waals surface area contributed by atoms with Crippen molar-refractivity contribution in [1.82, 2.24) is 14.8 Å². The molecule has 0 bridgehead atoms. The van der Waals surface area contributed by atoms with Crippen LogP contribution in [0, 0.1) is 12.7 Å². The predicted molar refractivity (Wildman–Crippen MR) is 63.8 cm³/mol. The highest BCUT2D eigenvalue weighted by molar-refractivity contribution is 6.30. The number of halogens is 2. The van der Waals surface area contributed by atoms with Gasteiger partial charge in [-0.1, -0.05) is 11.6 Å². The molecule has 1 aromatic heterocycles. The molecule has 0 aliphatic heterocycles. The summed E-state index contributed by atoms with van der Waals surface area (Å²) in [4.78, 5) is 4.26. The lowest BCUT2D eigenvalue weighted by Gasteiger charge is -2.03. The second kappa shape index (κ2) is 4.81. The Kier molecular flexibility index (Phi) is 3.40. The van der Waals surface area contributed by atoms with Crippen LogP contribution in [0.5, 0.6) is 0 Å². The van der Waals surface area contributed by atoms with Gasteiger partial charge in [-0.25, -0.2) is 14.1 Å². The quantitative estimate of drug-likeness (QED) is 0.910. The molecule has 0 saturated carbocycles. The Labute approximate surface area is 103 Å². The number of hydrogen-bond donors (Lipinski definition) is 1. The molecule has 1 aromatic carbocycles. The van der Waals surface area contributed by atoms with E-state index in [0.29, 0.717) is 24.5 Å². The predicted octanol–water partition coefficient (Wildman–Crippen LogP) is 1.87. The van der Waals surface area contributed by atoms with Crippen molar-refractivity contribution in [2.24, 2.45) is 5.73 Å². The van der Waals surface area contributed by atoms with E-state index in [2.05, 4.69) is 10.1 Å². The standard InChI is InChI=1S/C11H12ClFN4/c1-7-15-11(4-5-14)16-17(7)8-2-3-10(13)9(12)6-8/h2-3,6H,4-5,14H2,1H3. The molecule has 0 amide bonds. The van der Waals surface area contributed by atoms with Crippen molar-refractivity contribution in [3.8, 4) is 5.69 Å². The molecule has 0 atom stereocenters. The van der Waals surface area contributed by atoms with Gasteiger partial charge in [-0.05, 0) is 31.7 Å². The molecule has 0 unspecified atom stereocenters. The maximum absolute atomic E-state index is 13.0. The zero-order valence-electron chi connectivity index (χ0n) is 9.32. The molecule has 90 valence electrons. The highest BCUT2D eigenvalue weighted by Gasteiger charge is 2.09. The summed E-state index contributed by atoms with van der Waals surface area (Å²) in [6, 6.07) is 4.43. The van der Waals surface area contributed by atoms with E-state index in [1.54, 1.807) is 10.7 Å². The Morgan fingerprint density at radius 3 is 2.88 bits per heavy atom. The van der Waals surface area contributed by atoms with Crippen LogP contribution >= 0.6 is 11.6 Å². The molecule has 0 aliphatic rings. The zero-order chi connectivity index (χ0) is 12.4. The molecular weight excluding hydrogens is 243 g/mol. The van der Waals surface area contributed by atoms with Gasteiger partial charge in [0.15, 0.2) is 5.82 Å². The van der Waals surface area contributed by atoms with Gasteiger partial charge in [0, 0.05) is 6.42 Å². The first-order valence-corrected chi connectivity index (χ1v) is 5.57. The van der Waals surface area contributed by atoms with Gasteiger partial charge in [0.2, 0.25) is 0 Å². The molecule has 2 N–H and O–H groups in total. The number of aromatic nitrogens is 3. The summed E-state index contributed by atoms with van der Waals surface area (Å²) in [5.41, 5.74) is 6.13. The smallest absolute Gasteiger partial charge is 0.152 e. The summed E-state index contributed by atoms with van der Waals surface area (Å²) in [6.07, 6.45) is 0.614. The van der Waals surface area contributed by atoms with Crippen LogP contribution < -0.4 is 5.73 Å². The van der Waals surface area contributed by atoms with Gasteiger partial charge in [-0.3, -0.25) is 0 Å². The van der Waals surface area contributed by atoms with Gasteiger partial charge < -0.3 is 5.73 Å². The fourth-order valence-corrected chi connectivity index (χ4v) is 1.72. The first-order valence-electron chi connectivity index (χ1n) is 5.20. The largest absolute Gasteiger partial charge is 0.330 e. The van der Waals surface area contributed by atoms with Crippen molar-refractivity contribution in [3.63, 3.8) is 0 Å². The van der Waals surface area contributed by atoms with Crippen molar-refractivity contribution in [2.45, 2.75) is 13.3 Å². The molecular formula is C11H12ClFN4. The van der Waals surface area contributed by atoms with Crippen LogP contribution in [0.25, 0.3) is 5.69 Å². The van der Waals surface area contributed by atoms with Crippen LogP contribution in [0.15, 0.2) is 18.2 Å². The highest BCUT2D eigenvalue weighted by Crippen LogP contribution is 2.19. The van der Waals surface area contributed by atoms with Crippen molar-refractivity contribution in [1.29, 1.82) is 0 Å². The number of rotatable bonds is 3. The van der Waals surface area contributed by atoms with Crippen molar-refractivity contribution in [2.75, 3.05) is 6.54 Å². The second-order valence-corrected chi connectivity index (χ2v) is 4.03. The van der Waals surface area contributed by atoms with E-state index in [1.807, 2.05) is 6.92 Å². The van der Waals surface area contributed by atoms with Gasteiger partial charge in [0.05, 0.1) is 10.7 Å². The Morgan fingerprint density at radius 1 is 1.47 bits per heavy atom. The molecule has 4 nitrogen and oxygen atoms in total. The monoisotopic (exact) mass is 254 g/mol. The van der Waals surface area contributed by atoms with Crippen molar-refractivity contribution in [3.05, 3.63) is 40.7 Å². The topological polar surface area (TPSA) is 56.7 Å². The summed E-state index contributed by atoms with van der Waals surface area (Å²) < 4.78 is 14.7. The average Bonchev–Trinajstić information content (AvgIpc) is 2.64. The zero-order valence-corrected chi connectivity index (χ0v) is 10.1. The number of hydrogen-bond acceptors (Lipinski definition) is 3. The summed E-state index contributed by atoms with van der Waals surface area (Å²) in [6.45, 7) is 2.32. The lowest BCUT2D eigenvalue weighted by Crippen LogP contribution is -2.05. The summed E-state index contributed by atoms with van der Waals surface area (Å²) >= 11 is 5.73. The van der Waals surface area contributed by atoms with Gasteiger partial charge in [-0.2, -0.15) is 5.10 Å². The lowest BCUT2D eigenvalue weighted by atomic mass is 10.3. The molecule has 17 heavy (non-hydrogen) atoms. The maximum atomic E-state index is 13.0. The average molecular weight is 255 g/mol. The normalized spacial score (nSPS) is 10.8. The summed E-state index contributed by atoms with van der Waals surface area (Å²) in [7, 11) is 0. The molecule has 1 heterocycles. The number of aryl methyl sites for hydroxylation is 1. The minimum absolute atomic E-state index is 0.0674. The van der Waals surface area contributed by atoms with Crippen LogP contribution in [0.3, 0.4) is 0 Å². The Bertz CT molecular complexity index is 538. The number of nitrogens with zero attached hydrogens (tertiary/aromatic N) is 3. The fourth-order valence-electron chi connectivity index (χ4n) is 1.54. The molecule has 0 spiro atoms. The summed E-state index contributed by atoms with van der Waals surface area (Å²) in [5.74, 6) is 0.942. The van der Waals surface area contributed by atoms with E-state index in [4.69, 9.17) is 17.3 Å². The Morgan fingerprint density at radius 2 is 2.24 bits per heavy atom. The number of benzene rings is 1. The SMILES string of the molecule is Cc1nc(CCN)nn1-c1ccc(F)c(Cl)c1. The maximum Gasteiger partial charge on any atom is 0.152 e. The third-order valence-electron chi connectivity index (χ3n) is 2.33. The van der Waals surface area contributed by atoms with E-state index in [-0.39, 0.29) is 5.02 Å². The first kappa shape index (κ1) is 12.0. The van der Waals surface area contributed by atoms with Crippen LogP contribution in [0.2, 0.25) is 5.02 Å². The first-order chi connectivity index (χ1) is 8.11. The van der Waals surface area contributed by atoms with E-state index in [1.165, 1.54) is 12.1 Å². The summed E-state index contributed by atoms with van der Waals surface area (Å²) in [5, 5.41) is 4.35. The Hall–Kier alpha value is -1.46.